The van der Waals surface area contributed by atoms with Crippen LogP contribution in [0.5, 0.6) is 0 Å². The van der Waals surface area contributed by atoms with Crippen molar-refractivity contribution in [3.63, 3.8) is 0 Å². The maximum Gasteiger partial charge on any atom is 0.252 e. The number of pyridine rings is 1. The van der Waals surface area contributed by atoms with Crippen LogP contribution >= 0.6 is 24.0 Å². The molecule has 0 bridgehead atoms. The molecule has 1 unspecified atom stereocenters. The third-order valence-corrected chi connectivity index (χ3v) is 4.61. The van der Waals surface area contributed by atoms with Crippen LogP contribution in [0.25, 0.3) is 0 Å². The van der Waals surface area contributed by atoms with Gasteiger partial charge in [-0.3, -0.25) is 19.7 Å². The topological polar surface area (TPSA) is 90.9 Å². The van der Waals surface area contributed by atoms with Gasteiger partial charge in [-0.15, -0.1) is 24.0 Å². The Labute approximate surface area is 184 Å². The number of hydrogen-bond acceptors (Lipinski definition) is 5. The van der Waals surface area contributed by atoms with E-state index in [-0.39, 0.29) is 29.9 Å². The standard InChI is InChI=1S/C19H32N6O2.HI/c1-15(2)17(25-9-11-27-12-10-25)14-24-19(20-3)23-8-7-22-18(26)16-5-4-6-21-13-16;/h4-6,13,15,17H,7-12,14H2,1-3H3,(H,22,26)(H2,20,23,24);1H. The largest absolute Gasteiger partial charge is 0.379 e. The molecule has 1 aromatic rings. The predicted molar refractivity (Wildman–Crippen MR) is 122 cm³/mol. The third kappa shape index (κ3) is 8.27. The number of ether oxygens (including phenoxy) is 1. The highest BCUT2D eigenvalue weighted by atomic mass is 127. The number of aliphatic imine (C=N–C) groups is 1. The number of rotatable bonds is 8. The summed E-state index contributed by atoms with van der Waals surface area (Å²) in [7, 11) is 1.75. The molecular weight excluding hydrogens is 471 g/mol. The molecule has 8 nitrogen and oxygen atoms in total. The molecule has 0 aliphatic carbocycles. The van der Waals surface area contributed by atoms with Gasteiger partial charge in [0.1, 0.15) is 0 Å². The van der Waals surface area contributed by atoms with Gasteiger partial charge < -0.3 is 20.7 Å². The highest BCUT2D eigenvalue weighted by Gasteiger charge is 2.23. The molecule has 158 valence electrons. The second kappa shape index (κ2) is 13.7. The number of nitrogens with zero attached hydrogens (tertiary/aromatic N) is 3. The average molecular weight is 504 g/mol. The van der Waals surface area contributed by atoms with Gasteiger partial charge in [-0.25, -0.2) is 0 Å². The van der Waals surface area contributed by atoms with E-state index in [1.54, 1.807) is 31.6 Å². The van der Waals surface area contributed by atoms with E-state index in [4.69, 9.17) is 4.74 Å². The first kappa shape index (κ1) is 24.6. The summed E-state index contributed by atoms with van der Waals surface area (Å²) in [6.07, 6.45) is 3.20. The molecule has 0 radical (unpaired) electrons. The Bertz CT molecular complexity index is 593. The summed E-state index contributed by atoms with van der Waals surface area (Å²) in [5, 5.41) is 9.51. The first-order valence-corrected chi connectivity index (χ1v) is 9.56. The minimum Gasteiger partial charge on any atom is -0.379 e. The Morgan fingerprint density at radius 1 is 1.25 bits per heavy atom. The van der Waals surface area contributed by atoms with E-state index in [0.29, 0.717) is 30.6 Å². The Balaban J connectivity index is 0.00000392. The molecule has 0 aromatic carbocycles. The van der Waals surface area contributed by atoms with Crippen molar-refractivity contribution in [2.75, 3.05) is 53.0 Å². The summed E-state index contributed by atoms with van der Waals surface area (Å²) in [4.78, 5) is 22.7. The zero-order valence-corrected chi connectivity index (χ0v) is 19.3. The van der Waals surface area contributed by atoms with Crippen LogP contribution in [0.2, 0.25) is 0 Å². The number of aromatic nitrogens is 1. The Morgan fingerprint density at radius 3 is 2.57 bits per heavy atom. The minimum atomic E-state index is -0.125. The summed E-state index contributed by atoms with van der Waals surface area (Å²) < 4.78 is 5.46. The Kier molecular flexibility index (Phi) is 12.0. The van der Waals surface area contributed by atoms with Gasteiger partial charge in [0.25, 0.3) is 5.91 Å². The van der Waals surface area contributed by atoms with Gasteiger partial charge in [0.15, 0.2) is 5.96 Å². The molecule has 1 aromatic heterocycles. The second-order valence-electron chi connectivity index (χ2n) is 6.84. The number of carbonyl (C=O) groups is 1. The van der Waals surface area contributed by atoms with Gasteiger partial charge in [-0.1, -0.05) is 13.8 Å². The quantitative estimate of drug-likeness (QED) is 0.212. The van der Waals surface area contributed by atoms with E-state index in [9.17, 15) is 4.79 Å². The fourth-order valence-electron chi connectivity index (χ4n) is 3.07. The Morgan fingerprint density at radius 2 is 1.96 bits per heavy atom. The zero-order valence-electron chi connectivity index (χ0n) is 17.0. The van der Waals surface area contributed by atoms with Crippen molar-refractivity contribution in [3.8, 4) is 0 Å². The molecule has 2 rings (SSSR count). The molecule has 0 spiro atoms. The van der Waals surface area contributed by atoms with Gasteiger partial charge in [0.2, 0.25) is 0 Å². The molecule has 0 saturated carbocycles. The summed E-state index contributed by atoms with van der Waals surface area (Å²) in [5.41, 5.74) is 0.560. The van der Waals surface area contributed by atoms with Gasteiger partial charge in [0, 0.05) is 58.2 Å². The lowest BCUT2D eigenvalue weighted by Crippen LogP contribution is -2.53. The minimum absolute atomic E-state index is 0. The van der Waals surface area contributed by atoms with E-state index in [2.05, 4.69) is 44.7 Å². The number of guanidine groups is 1. The molecule has 9 heteroatoms. The van der Waals surface area contributed by atoms with Gasteiger partial charge in [-0.05, 0) is 18.1 Å². The van der Waals surface area contributed by atoms with E-state index >= 15 is 0 Å². The Hall–Kier alpha value is -1.46. The van der Waals surface area contributed by atoms with Crippen LogP contribution in [0.4, 0.5) is 0 Å². The number of carbonyl (C=O) groups excluding carboxylic acids is 1. The van der Waals surface area contributed by atoms with Gasteiger partial charge >= 0.3 is 0 Å². The van der Waals surface area contributed by atoms with Crippen molar-refractivity contribution in [1.29, 1.82) is 0 Å². The predicted octanol–water partition coefficient (Wildman–Crippen LogP) is 0.951. The maximum atomic E-state index is 12.0. The molecule has 1 saturated heterocycles. The van der Waals surface area contributed by atoms with E-state index in [1.165, 1.54) is 0 Å². The van der Waals surface area contributed by atoms with Crippen molar-refractivity contribution < 1.29 is 9.53 Å². The van der Waals surface area contributed by atoms with Crippen molar-refractivity contribution in [2.24, 2.45) is 10.9 Å². The van der Waals surface area contributed by atoms with E-state index in [1.807, 2.05) is 0 Å². The number of morpholine rings is 1. The number of nitrogens with one attached hydrogen (secondary N) is 3. The van der Waals surface area contributed by atoms with Gasteiger partial charge in [0.05, 0.1) is 18.8 Å². The SMILES string of the molecule is CN=C(NCCNC(=O)c1cccnc1)NCC(C(C)C)N1CCOCC1.I. The molecule has 28 heavy (non-hydrogen) atoms. The summed E-state index contributed by atoms with van der Waals surface area (Å²) in [6, 6.07) is 3.92. The molecule has 1 atom stereocenters. The van der Waals surface area contributed by atoms with Crippen LogP contribution in [-0.2, 0) is 4.74 Å². The molecule has 1 fully saturated rings. The van der Waals surface area contributed by atoms with Crippen LogP contribution in [-0.4, -0.2) is 80.8 Å². The zero-order chi connectivity index (χ0) is 19.5. The van der Waals surface area contributed by atoms with E-state index < -0.39 is 0 Å². The highest BCUT2D eigenvalue weighted by Crippen LogP contribution is 2.12. The summed E-state index contributed by atoms with van der Waals surface area (Å²) >= 11 is 0. The smallest absolute Gasteiger partial charge is 0.252 e. The molecule has 1 aliphatic heterocycles. The van der Waals surface area contributed by atoms with Crippen molar-refractivity contribution in [2.45, 2.75) is 19.9 Å². The van der Waals surface area contributed by atoms with Crippen LogP contribution in [0.3, 0.4) is 0 Å². The van der Waals surface area contributed by atoms with Crippen molar-refractivity contribution >= 4 is 35.8 Å². The number of halogens is 1. The lowest BCUT2D eigenvalue weighted by Gasteiger charge is -2.37. The maximum absolute atomic E-state index is 12.0. The van der Waals surface area contributed by atoms with Crippen LogP contribution < -0.4 is 16.0 Å². The monoisotopic (exact) mass is 504 g/mol. The molecule has 1 amide bonds. The number of hydrogen-bond donors (Lipinski definition) is 3. The first-order valence-electron chi connectivity index (χ1n) is 9.56. The first-order chi connectivity index (χ1) is 13.1. The van der Waals surface area contributed by atoms with Crippen LogP contribution in [0, 0.1) is 5.92 Å². The highest BCUT2D eigenvalue weighted by molar-refractivity contribution is 14.0. The number of amides is 1. The van der Waals surface area contributed by atoms with Crippen LogP contribution in [0.1, 0.15) is 24.2 Å². The van der Waals surface area contributed by atoms with E-state index in [0.717, 1.165) is 38.8 Å². The van der Waals surface area contributed by atoms with Gasteiger partial charge in [-0.2, -0.15) is 0 Å². The molecule has 1 aliphatic rings. The normalized spacial score (nSPS) is 16.2. The third-order valence-electron chi connectivity index (χ3n) is 4.61. The fraction of sp³-hybridized carbons (Fsp3) is 0.632. The molecular formula is C19H33IN6O2. The lowest BCUT2D eigenvalue weighted by atomic mass is 10.0. The molecule has 3 N–H and O–H groups in total. The molecule has 2 heterocycles. The van der Waals surface area contributed by atoms with Crippen molar-refractivity contribution in [1.82, 2.24) is 25.8 Å². The average Bonchev–Trinajstić information content (AvgIpc) is 2.70. The summed E-state index contributed by atoms with van der Waals surface area (Å²) in [6.45, 7) is 9.94. The summed E-state index contributed by atoms with van der Waals surface area (Å²) in [5.74, 6) is 1.15. The fourth-order valence-corrected chi connectivity index (χ4v) is 3.07. The van der Waals surface area contributed by atoms with Crippen LogP contribution in [0.15, 0.2) is 29.5 Å². The van der Waals surface area contributed by atoms with Crippen molar-refractivity contribution in [3.05, 3.63) is 30.1 Å². The lowest BCUT2D eigenvalue weighted by molar-refractivity contribution is 0.00752. The second-order valence-corrected chi connectivity index (χ2v) is 6.84.